The Labute approximate surface area is 157 Å². The molecule has 2 aromatic carbocycles. The second-order valence-electron chi connectivity index (χ2n) is 6.35. The molecule has 0 atom stereocenters. The number of rotatable bonds is 5. The van der Waals surface area contributed by atoms with Gasteiger partial charge in [-0.3, -0.25) is 4.99 Å². The van der Waals surface area contributed by atoms with Gasteiger partial charge in [-0.15, -0.1) is 0 Å². The lowest BCUT2D eigenvalue weighted by atomic mass is 9.96. The van der Waals surface area contributed by atoms with Crippen LogP contribution in [0, 0.1) is 11.3 Å². The van der Waals surface area contributed by atoms with Crippen LogP contribution in [0.5, 0.6) is 0 Å². The summed E-state index contributed by atoms with van der Waals surface area (Å²) in [7, 11) is 1.78. The van der Waals surface area contributed by atoms with E-state index in [4.69, 9.17) is 5.26 Å². The van der Waals surface area contributed by atoms with Crippen LogP contribution in [0.1, 0.15) is 29.5 Å². The average molecular weight is 397 g/mol. The van der Waals surface area contributed by atoms with E-state index in [9.17, 15) is 0 Å². The summed E-state index contributed by atoms with van der Waals surface area (Å²) in [6.07, 6.45) is 2.37. The predicted molar refractivity (Wildman–Crippen MR) is 104 cm³/mol. The quantitative estimate of drug-likeness (QED) is 0.597. The molecule has 1 fully saturated rings. The van der Waals surface area contributed by atoms with E-state index in [0.29, 0.717) is 12.1 Å². The summed E-state index contributed by atoms with van der Waals surface area (Å²) in [6.45, 7) is 1.49. The monoisotopic (exact) mass is 396 g/mol. The molecule has 3 rings (SSSR count). The van der Waals surface area contributed by atoms with Crippen molar-refractivity contribution in [1.82, 2.24) is 10.6 Å². The number of halogens is 1. The Morgan fingerprint density at radius 2 is 2.00 bits per heavy atom. The van der Waals surface area contributed by atoms with Crippen LogP contribution in [-0.4, -0.2) is 19.6 Å². The largest absolute Gasteiger partial charge is 0.356 e. The number of nitriles is 1. The van der Waals surface area contributed by atoms with Gasteiger partial charge in [0.15, 0.2) is 5.96 Å². The number of nitrogens with zero attached hydrogens (tertiary/aromatic N) is 2. The van der Waals surface area contributed by atoms with Gasteiger partial charge < -0.3 is 10.6 Å². The first-order valence-corrected chi connectivity index (χ1v) is 9.15. The third-order valence-electron chi connectivity index (χ3n) is 4.63. The van der Waals surface area contributed by atoms with Gasteiger partial charge in [0.2, 0.25) is 0 Å². The molecule has 4 nitrogen and oxygen atoms in total. The SMILES string of the molecule is CN=C(NCc1cccc(C#N)c1)NCC1(c2ccccc2Br)CC1. The van der Waals surface area contributed by atoms with E-state index in [2.05, 4.69) is 55.8 Å². The van der Waals surface area contributed by atoms with E-state index in [0.717, 1.165) is 18.1 Å². The van der Waals surface area contributed by atoms with Crippen molar-refractivity contribution >= 4 is 21.9 Å². The first kappa shape index (κ1) is 17.5. The first-order valence-electron chi connectivity index (χ1n) is 8.35. The maximum Gasteiger partial charge on any atom is 0.191 e. The molecule has 2 N–H and O–H groups in total. The van der Waals surface area contributed by atoms with Gasteiger partial charge in [-0.25, -0.2) is 0 Å². The van der Waals surface area contributed by atoms with Crippen molar-refractivity contribution in [3.63, 3.8) is 0 Å². The molecule has 1 aliphatic rings. The highest BCUT2D eigenvalue weighted by atomic mass is 79.9. The van der Waals surface area contributed by atoms with Crippen molar-refractivity contribution in [2.24, 2.45) is 4.99 Å². The Morgan fingerprint density at radius 1 is 1.20 bits per heavy atom. The lowest BCUT2D eigenvalue weighted by Gasteiger charge is -2.20. The van der Waals surface area contributed by atoms with E-state index in [1.54, 1.807) is 7.05 Å². The molecule has 0 heterocycles. The maximum absolute atomic E-state index is 8.99. The Kier molecular flexibility index (Phi) is 5.40. The van der Waals surface area contributed by atoms with Crippen molar-refractivity contribution in [3.8, 4) is 6.07 Å². The molecule has 1 saturated carbocycles. The van der Waals surface area contributed by atoms with Crippen LogP contribution in [0.25, 0.3) is 0 Å². The zero-order chi connectivity index (χ0) is 17.7. The van der Waals surface area contributed by atoms with E-state index >= 15 is 0 Å². The van der Waals surface area contributed by atoms with Crippen LogP contribution in [0.15, 0.2) is 58.0 Å². The minimum absolute atomic E-state index is 0.193. The fourth-order valence-electron chi connectivity index (χ4n) is 2.99. The number of benzene rings is 2. The molecule has 1 aliphatic carbocycles. The number of hydrogen-bond acceptors (Lipinski definition) is 2. The van der Waals surface area contributed by atoms with E-state index in [1.165, 1.54) is 22.9 Å². The zero-order valence-electron chi connectivity index (χ0n) is 14.2. The Balaban J connectivity index is 1.58. The second-order valence-corrected chi connectivity index (χ2v) is 7.21. The number of guanidine groups is 1. The Bertz CT molecular complexity index is 818. The van der Waals surface area contributed by atoms with Crippen molar-refractivity contribution < 1.29 is 0 Å². The van der Waals surface area contributed by atoms with Crippen molar-refractivity contribution in [2.45, 2.75) is 24.8 Å². The molecule has 128 valence electrons. The topological polar surface area (TPSA) is 60.2 Å². The van der Waals surface area contributed by atoms with Crippen LogP contribution in [0.3, 0.4) is 0 Å². The molecule has 0 bridgehead atoms. The fraction of sp³-hybridized carbons (Fsp3) is 0.300. The molecule has 5 heteroatoms. The Morgan fingerprint density at radius 3 is 2.68 bits per heavy atom. The second kappa shape index (κ2) is 7.71. The summed E-state index contributed by atoms with van der Waals surface area (Å²) in [4.78, 5) is 4.31. The molecule has 0 saturated heterocycles. The van der Waals surface area contributed by atoms with E-state index in [1.807, 2.05) is 30.3 Å². The molecule has 0 unspecified atom stereocenters. The van der Waals surface area contributed by atoms with Gasteiger partial charge >= 0.3 is 0 Å². The van der Waals surface area contributed by atoms with Gasteiger partial charge in [-0.05, 0) is 42.2 Å². The lowest BCUT2D eigenvalue weighted by Crippen LogP contribution is -2.41. The van der Waals surface area contributed by atoms with Gasteiger partial charge in [0.05, 0.1) is 11.6 Å². The van der Waals surface area contributed by atoms with Gasteiger partial charge in [-0.2, -0.15) is 5.26 Å². The molecule has 0 aliphatic heterocycles. The van der Waals surface area contributed by atoms with Crippen LogP contribution < -0.4 is 10.6 Å². The van der Waals surface area contributed by atoms with Gasteiger partial charge in [0.25, 0.3) is 0 Å². The summed E-state index contributed by atoms with van der Waals surface area (Å²) in [5.41, 5.74) is 3.29. The molecular formula is C20H21BrN4. The third kappa shape index (κ3) is 4.21. The molecule has 0 radical (unpaired) electrons. The third-order valence-corrected chi connectivity index (χ3v) is 5.32. The van der Waals surface area contributed by atoms with Crippen molar-refractivity contribution in [2.75, 3.05) is 13.6 Å². The van der Waals surface area contributed by atoms with Crippen LogP contribution in [0.4, 0.5) is 0 Å². The first-order chi connectivity index (χ1) is 12.2. The number of nitrogens with one attached hydrogen (secondary N) is 2. The van der Waals surface area contributed by atoms with Gasteiger partial charge in [-0.1, -0.05) is 46.3 Å². The molecule has 2 aromatic rings. The van der Waals surface area contributed by atoms with Gasteiger partial charge in [0.1, 0.15) is 0 Å². The Hall–Kier alpha value is -2.32. The van der Waals surface area contributed by atoms with Gasteiger partial charge in [0, 0.05) is 30.0 Å². The zero-order valence-corrected chi connectivity index (χ0v) is 15.8. The fourth-order valence-corrected chi connectivity index (χ4v) is 3.70. The molecule has 25 heavy (non-hydrogen) atoms. The molecule has 0 amide bonds. The predicted octanol–water partition coefficient (Wildman–Crippen LogP) is 3.72. The van der Waals surface area contributed by atoms with E-state index < -0.39 is 0 Å². The summed E-state index contributed by atoms with van der Waals surface area (Å²) in [5.74, 6) is 0.778. The number of hydrogen-bond donors (Lipinski definition) is 2. The molecular weight excluding hydrogens is 376 g/mol. The number of aliphatic imine (C=N–C) groups is 1. The minimum atomic E-state index is 0.193. The summed E-state index contributed by atoms with van der Waals surface area (Å²) < 4.78 is 1.17. The minimum Gasteiger partial charge on any atom is -0.356 e. The van der Waals surface area contributed by atoms with Crippen LogP contribution in [0.2, 0.25) is 0 Å². The highest BCUT2D eigenvalue weighted by Gasteiger charge is 2.45. The lowest BCUT2D eigenvalue weighted by molar-refractivity contribution is 0.643. The van der Waals surface area contributed by atoms with E-state index in [-0.39, 0.29) is 5.41 Å². The standard InChI is InChI=1S/C20H21BrN4/c1-23-19(24-13-16-6-4-5-15(11-16)12-22)25-14-20(9-10-20)17-7-2-3-8-18(17)21/h2-8,11H,9-10,13-14H2,1H3,(H2,23,24,25). The smallest absolute Gasteiger partial charge is 0.191 e. The van der Waals surface area contributed by atoms with Crippen LogP contribution in [-0.2, 0) is 12.0 Å². The highest BCUT2D eigenvalue weighted by Crippen LogP contribution is 2.49. The molecule has 0 aromatic heterocycles. The summed E-state index contributed by atoms with van der Waals surface area (Å²) in [5, 5.41) is 15.8. The normalized spacial score (nSPS) is 15.3. The van der Waals surface area contributed by atoms with Crippen LogP contribution >= 0.6 is 15.9 Å². The average Bonchev–Trinajstić information content (AvgIpc) is 3.43. The molecule has 0 spiro atoms. The summed E-state index contributed by atoms with van der Waals surface area (Å²) in [6, 6.07) is 18.2. The maximum atomic E-state index is 8.99. The van der Waals surface area contributed by atoms with Crippen molar-refractivity contribution in [1.29, 1.82) is 5.26 Å². The highest BCUT2D eigenvalue weighted by molar-refractivity contribution is 9.10. The summed E-state index contributed by atoms with van der Waals surface area (Å²) >= 11 is 3.67. The van der Waals surface area contributed by atoms with Crippen molar-refractivity contribution in [3.05, 3.63) is 69.7 Å².